The van der Waals surface area contributed by atoms with Gasteiger partial charge in [0.05, 0.1) is 33.5 Å². The molecule has 5 aromatic rings. The van der Waals surface area contributed by atoms with Crippen molar-refractivity contribution in [2.45, 2.75) is 13.0 Å². The third-order valence-electron chi connectivity index (χ3n) is 5.21. The summed E-state index contributed by atoms with van der Waals surface area (Å²) in [7, 11) is 0. The van der Waals surface area contributed by atoms with Gasteiger partial charge in [0.25, 0.3) is 5.56 Å². The zero-order valence-corrected chi connectivity index (χ0v) is 18.1. The molecule has 1 atom stereocenters. The topological polar surface area (TPSA) is 88.5 Å². The van der Waals surface area contributed by atoms with Crippen LogP contribution in [0.2, 0.25) is 10.0 Å². The summed E-state index contributed by atoms with van der Waals surface area (Å²) in [5, 5.41) is 4.19. The summed E-state index contributed by atoms with van der Waals surface area (Å²) in [6, 6.07) is 10.8. The second kappa shape index (κ2) is 7.89. The molecule has 0 aliphatic heterocycles. The first kappa shape index (κ1) is 20.4. The number of aromatic nitrogens is 5. The first-order valence-corrected chi connectivity index (χ1v) is 10.4. The Bertz CT molecular complexity index is 1550. The number of pyridine rings is 1. The molecule has 0 amide bonds. The van der Waals surface area contributed by atoms with Crippen molar-refractivity contribution in [2.24, 2.45) is 0 Å². The number of aromatic amines is 1. The summed E-state index contributed by atoms with van der Waals surface area (Å²) in [4.78, 5) is 29.1. The van der Waals surface area contributed by atoms with E-state index >= 15 is 0 Å². The highest BCUT2D eigenvalue weighted by atomic mass is 35.5. The van der Waals surface area contributed by atoms with Crippen LogP contribution in [-0.4, -0.2) is 24.5 Å². The third-order valence-corrected chi connectivity index (χ3v) is 6.02. The Balaban J connectivity index is 1.75. The van der Waals surface area contributed by atoms with Crippen molar-refractivity contribution < 1.29 is 4.39 Å². The van der Waals surface area contributed by atoms with Gasteiger partial charge < -0.3 is 10.3 Å². The second-order valence-corrected chi connectivity index (χ2v) is 7.96. The van der Waals surface area contributed by atoms with Crippen LogP contribution in [-0.2, 0) is 0 Å². The second-order valence-electron chi connectivity index (χ2n) is 7.17. The van der Waals surface area contributed by atoms with Crippen molar-refractivity contribution in [3.8, 4) is 5.69 Å². The van der Waals surface area contributed by atoms with E-state index in [1.165, 1.54) is 23.3 Å². The van der Waals surface area contributed by atoms with Crippen LogP contribution < -0.4 is 10.9 Å². The minimum Gasteiger partial charge on any atom is -0.360 e. The average molecular weight is 469 g/mol. The highest BCUT2D eigenvalue weighted by molar-refractivity contribution is 6.43. The number of imidazole rings is 1. The number of hydrogen-bond acceptors (Lipinski definition) is 5. The van der Waals surface area contributed by atoms with Gasteiger partial charge in [0, 0.05) is 5.69 Å². The molecule has 160 valence electrons. The fourth-order valence-corrected chi connectivity index (χ4v) is 4.10. The predicted molar refractivity (Wildman–Crippen MR) is 123 cm³/mol. The molecule has 0 aliphatic rings. The lowest BCUT2D eigenvalue weighted by molar-refractivity contribution is 0.637. The van der Waals surface area contributed by atoms with E-state index in [0.29, 0.717) is 33.7 Å². The number of fused-ring (bicyclic) bond motifs is 2. The number of nitrogens with zero attached hydrogens (tertiary/aromatic N) is 4. The maximum absolute atomic E-state index is 14.6. The first-order valence-electron chi connectivity index (χ1n) is 9.65. The number of rotatable bonds is 4. The summed E-state index contributed by atoms with van der Waals surface area (Å²) in [6.45, 7) is 1.86. The summed E-state index contributed by atoms with van der Waals surface area (Å²) in [6.07, 6.45) is 2.93. The number of hydrogen-bond donors (Lipinski definition) is 2. The lowest BCUT2D eigenvalue weighted by atomic mass is 10.1. The van der Waals surface area contributed by atoms with Crippen LogP contribution in [0, 0.1) is 5.82 Å². The molecule has 0 saturated carbocycles. The molecule has 10 heteroatoms. The minimum absolute atomic E-state index is 0.0313. The quantitative estimate of drug-likeness (QED) is 0.374. The third kappa shape index (κ3) is 3.28. The van der Waals surface area contributed by atoms with Crippen LogP contribution in [0.3, 0.4) is 0 Å². The molecule has 2 N–H and O–H groups in total. The van der Waals surface area contributed by atoms with E-state index in [4.69, 9.17) is 23.2 Å². The Morgan fingerprint density at radius 2 is 1.94 bits per heavy atom. The van der Waals surface area contributed by atoms with Crippen LogP contribution in [0.15, 0.2) is 59.9 Å². The minimum atomic E-state index is -0.611. The van der Waals surface area contributed by atoms with Gasteiger partial charge in [0.2, 0.25) is 0 Å². The number of nitrogens with one attached hydrogen (secondary N) is 2. The molecule has 3 aromatic heterocycles. The lowest BCUT2D eigenvalue weighted by Gasteiger charge is -2.22. The zero-order valence-electron chi connectivity index (χ0n) is 16.6. The maximum atomic E-state index is 14.6. The number of benzene rings is 2. The van der Waals surface area contributed by atoms with Crippen molar-refractivity contribution in [1.82, 2.24) is 24.5 Å². The molecular formula is C22H15Cl2FN6O. The fraction of sp³-hybridized carbons (Fsp3) is 0.0909. The first-order chi connectivity index (χ1) is 15.5. The molecule has 32 heavy (non-hydrogen) atoms. The molecular weight excluding hydrogens is 454 g/mol. The molecule has 0 radical (unpaired) electrons. The van der Waals surface area contributed by atoms with Gasteiger partial charge in [-0.25, -0.2) is 19.3 Å². The molecule has 5 rings (SSSR count). The van der Waals surface area contributed by atoms with Crippen molar-refractivity contribution in [3.05, 3.63) is 87.0 Å². The molecule has 1 unspecified atom stereocenters. The predicted octanol–water partition coefficient (Wildman–Crippen LogP) is 5.28. The van der Waals surface area contributed by atoms with Gasteiger partial charge in [-0.05, 0) is 36.6 Å². The Hall–Kier alpha value is -3.49. The van der Waals surface area contributed by atoms with Crippen LogP contribution in [0.25, 0.3) is 27.6 Å². The standard InChI is InChI=1S/C22H15Cl2FN6O/c1-11(30-21-19-20(27-9-26-19)28-10-29-21)16-8-12-4-2-6-14(25)17(12)22(32)31(16)15-7-3-5-13(23)18(15)24/h2-11H,1H3,(H2,26,27,28,29,30). The number of halogens is 3. The van der Waals surface area contributed by atoms with Crippen molar-refractivity contribution in [2.75, 3.05) is 5.32 Å². The van der Waals surface area contributed by atoms with E-state index < -0.39 is 17.4 Å². The van der Waals surface area contributed by atoms with Gasteiger partial charge in [-0.3, -0.25) is 9.36 Å². The van der Waals surface area contributed by atoms with Gasteiger partial charge >= 0.3 is 0 Å². The summed E-state index contributed by atoms with van der Waals surface area (Å²) in [5.41, 5.74) is 1.48. The molecule has 7 nitrogen and oxygen atoms in total. The van der Waals surface area contributed by atoms with Gasteiger partial charge in [-0.1, -0.05) is 41.4 Å². The van der Waals surface area contributed by atoms with E-state index in [-0.39, 0.29) is 15.4 Å². The molecule has 0 bridgehead atoms. The SMILES string of the molecule is CC(Nc1ncnc2[nH]cnc12)c1cc2cccc(F)c2c(=O)n1-c1cccc(Cl)c1Cl. The number of anilines is 1. The number of H-pyrrole nitrogens is 1. The Morgan fingerprint density at radius 1 is 1.12 bits per heavy atom. The van der Waals surface area contributed by atoms with E-state index in [1.807, 2.05) is 6.92 Å². The van der Waals surface area contributed by atoms with Crippen LogP contribution in [0.1, 0.15) is 18.7 Å². The van der Waals surface area contributed by atoms with E-state index in [1.54, 1.807) is 36.4 Å². The highest BCUT2D eigenvalue weighted by Gasteiger charge is 2.21. The summed E-state index contributed by atoms with van der Waals surface area (Å²) < 4.78 is 16.0. The fourth-order valence-electron chi connectivity index (χ4n) is 3.72. The van der Waals surface area contributed by atoms with Gasteiger partial charge in [-0.15, -0.1) is 0 Å². The summed E-state index contributed by atoms with van der Waals surface area (Å²) >= 11 is 12.7. The van der Waals surface area contributed by atoms with Gasteiger partial charge in [0.15, 0.2) is 11.5 Å². The largest absolute Gasteiger partial charge is 0.360 e. The van der Waals surface area contributed by atoms with Gasteiger partial charge in [0.1, 0.15) is 17.7 Å². The molecule has 3 heterocycles. The van der Waals surface area contributed by atoms with Crippen LogP contribution >= 0.6 is 23.2 Å². The van der Waals surface area contributed by atoms with Crippen molar-refractivity contribution in [3.63, 3.8) is 0 Å². The van der Waals surface area contributed by atoms with Crippen LogP contribution in [0.4, 0.5) is 10.2 Å². The monoisotopic (exact) mass is 468 g/mol. The normalized spacial score (nSPS) is 12.4. The molecule has 0 spiro atoms. The smallest absolute Gasteiger partial charge is 0.266 e. The average Bonchev–Trinajstić information content (AvgIpc) is 3.26. The molecule has 2 aromatic carbocycles. The maximum Gasteiger partial charge on any atom is 0.266 e. The zero-order chi connectivity index (χ0) is 22.4. The summed E-state index contributed by atoms with van der Waals surface area (Å²) in [5.74, 6) is -0.125. The Morgan fingerprint density at radius 3 is 2.78 bits per heavy atom. The van der Waals surface area contributed by atoms with E-state index in [9.17, 15) is 9.18 Å². The van der Waals surface area contributed by atoms with E-state index in [2.05, 4.69) is 25.3 Å². The Kier molecular flexibility index (Phi) is 5.03. The van der Waals surface area contributed by atoms with Crippen molar-refractivity contribution in [1.29, 1.82) is 0 Å². The lowest BCUT2D eigenvalue weighted by Crippen LogP contribution is -2.26. The highest BCUT2D eigenvalue weighted by Crippen LogP contribution is 2.32. The van der Waals surface area contributed by atoms with E-state index in [0.717, 1.165) is 0 Å². The Labute approximate surface area is 190 Å². The van der Waals surface area contributed by atoms with Crippen LogP contribution in [0.5, 0.6) is 0 Å². The van der Waals surface area contributed by atoms with Gasteiger partial charge in [-0.2, -0.15) is 0 Å². The molecule has 0 saturated heterocycles. The van der Waals surface area contributed by atoms with Crippen molar-refractivity contribution >= 4 is 51.0 Å². The molecule has 0 fully saturated rings. The molecule has 0 aliphatic carbocycles.